The third-order valence-electron chi connectivity index (χ3n) is 5.12. The van der Waals surface area contributed by atoms with Crippen LogP contribution in [0, 0.1) is 11.3 Å². The Morgan fingerprint density at radius 3 is 2.33 bits per heavy atom. The minimum absolute atomic E-state index is 0.0376. The number of hydrogen-bond acceptors (Lipinski definition) is 2. The van der Waals surface area contributed by atoms with Crippen LogP contribution in [0.1, 0.15) is 47.5 Å². The van der Waals surface area contributed by atoms with E-state index in [1.165, 1.54) is 0 Å². The zero-order valence-corrected chi connectivity index (χ0v) is 14.0. The van der Waals surface area contributed by atoms with Crippen LogP contribution in [0.3, 0.4) is 0 Å². The van der Waals surface area contributed by atoms with E-state index in [9.17, 15) is 4.79 Å². The third kappa shape index (κ3) is 2.96. The van der Waals surface area contributed by atoms with Crippen molar-refractivity contribution in [3.8, 4) is 0 Å². The zero-order valence-electron chi connectivity index (χ0n) is 13.0. The number of allylic oxidation sites excluding steroid dienone is 1. The van der Waals surface area contributed by atoms with Crippen molar-refractivity contribution in [2.45, 2.75) is 65.6 Å². The molecule has 0 aliphatic heterocycles. The monoisotopic (exact) mass is 268 g/mol. The summed E-state index contributed by atoms with van der Waals surface area (Å²) in [7, 11) is -1.67. The SMILES string of the molecule is CC1(C)C(=C=O)CCC1CO[Si](C)(C)C(C)(C)C. The third-order valence-corrected chi connectivity index (χ3v) is 9.62. The maximum Gasteiger partial charge on any atom is 0.191 e. The molecule has 1 aliphatic carbocycles. The van der Waals surface area contributed by atoms with Gasteiger partial charge >= 0.3 is 0 Å². The smallest absolute Gasteiger partial charge is 0.191 e. The standard InChI is InChI=1S/C15H28O2Si/c1-14(2,3)18(6,7)17-11-13-9-8-12(10-16)15(13,4)5/h13H,8-9,11H2,1-7H3. The average Bonchev–Trinajstić information content (AvgIpc) is 2.48. The highest BCUT2D eigenvalue weighted by Gasteiger charge is 2.43. The van der Waals surface area contributed by atoms with E-state index >= 15 is 0 Å². The first-order valence-electron chi connectivity index (χ1n) is 6.91. The number of rotatable bonds is 3. The Labute approximate surface area is 113 Å². The number of hydrogen-bond donors (Lipinski definition) is 0. The molecule has 0 amide bonds. The fourth-order valence-electron chi connectivity index (χ4n) is 2.25. The predicted octanol–water partition coefficient (Wildman–Crippen LogP) is 4.20. The van der Waals surface area contributed by atoms with Crippen LogP contribution in [0.5, 0.6) is 0 Å². The van der Waals surface area contributed by atoms with Crippen LogP contribution in [0.15, 0.2) is 5.57 Å². The molecule has 0 heterocycles. The van der Waals surface area contributed by atoms with Crippen LogP contribution >= 0.6 is 0 Å². The van der Waals surface area contributed by atoms with Crippen LogP contribution in [0.2, 0.25) is 18.1 Å². The lowest BCUT2D eigenvalue weighted by Gasteiger charge is -2.38. The van der Waals surface area contributed by atoms with Gasteiger partial charge in [0.1, 0.15) is 5.94 Å². The Kier molecular flexibility index (Phi) is 4.32. The van der Waals surface area contributed by atoms with Crippen LogP contribution in [-0.4, -0.2) is 20.9 Å². The van der Waals surface area contributed by atoms with E-state index < -0.39 is 8.32 Å². The van der Waals surface area contributed by atoms with Gasteiger partial charge in [-0.1, -0.05) is 34.6 Å². The summed E-state index contributed by atoms with van der Waals surface area (Å²) in [5.74, 6) is 2.60. The molecular weight excluding hydrogens is 240 g/mol. The molecule has 0 aromatic heterocycles. The van der Waals surface area contributed by atoms with Gasteiger partial charge < -0.3 is 4.43 Å². The topological polar surface area (TPSA) is 26.3 Å². The minimum Gasteiger partial charge on any atom is -0.417 e. The lowest BCUT2D eigenvalue weighted by Crippen LogP contribution is -2.42. The molecule has 1 aliphatic rings. The van der Waals surface area contributed by atoms with Gasteiger partial charge in [-0.15, -0.1) is 0 Å². The van der Waals surface area contributed by atoms with Crippen molar-refractivity contribution in [2.24, 2.45) is 11.3 Å². The van der Waals surface area contributed by atoms with E-state index in [-0.39, 0.29) is 10.5 Å². The zero-order chi connectivity index (χ0) is 14.2. The van der Waals surface area contributed by atoms with Gasteiger partial charge in [-0.25, -0.2) is 4.79 Å². The minimum atomic E-state index is -1.67. The predicted molar refractivity (Wildman–Crippen MR) is 78.9 cm³/mol. The number of carbonyl (C=O) groups excluding carboxylic acids is 1. The van der Waals surface area contributed by atoms with Crippen LogP contribution in [0.25, 0.3) is 0 Å². The first kappa shape index (κ1) is 15.7. The average molecular weight is 268 g/mol. The quantitative estimate of drug-likeness (QED) is 0.566. The van der Waals surface area contributed by atoms with Crippen molar-refractivity contribution in [2.75, 3.05) is 6.61 Å². The van der Waals surface area contributed by atoms with E-state index in [0.717, 1.165) is 25.0 Å². The molecule has 0 radical (unpaired) electrons. The van der Waals surface area contributed by atoms with Gasteiger partial charge in [-0.3, -0.25) is 0 Å². The molecule has 1 fully saturated rings. The lowest BCUT2D eigenvalue weighted by atomic mass is 9.80. The van der Waals surface area contributed by atoms with E-state index in [2.05, 4.69) is 53.7 Å². The second-order valence-electron chi connectivity index (χ2n) is 7.61. The van der Waals surface area contributed by atoms with E-state index in [0.29, 0.717) is 5.92 Å². The molecule has 1 unspecified atom stereocenters. The molecule has 0 bridgehead atoms. The summed E-state index contributed by atoms with van der Waals surface area (Å²) in [5, 5.41) is 0.249. The molecular formula is C15H28O2Si. The first-order chi connectivity index (χ1) is 8.02. The summed E-state index contributed by atoms with van der Waals surface area (Å²) in [6.45, 7) is 16.4. The maximum atomic E-state index is 10.9. The van der Waals surface area contributed by atoms with Gasteiger partial charge in [0.2, 0.25) is 0 Å². The first-order valence-corrected chi connectivity index (χ1v) is 9.81. The molecule has 1 rings (SSSR count). The second-order valence-corrected chi connectivity index (χ2v) is 12.4. The van der Waals surface area contributed by atoms with Crippen molar-refractivity contribution in [1.82, 2.24) is 0 Å². The fourth-order valence-corrected chi connectivity index (χ4v) is 3.30. The Hall–Kier alpha value is -0.373. The van der Waals surface area contributed by atoms with Crippen LogP contribution < -0.4 is 0 Å². The van der Waals surface area contributed by atoms with Crippen molar-refractivity contribution >= 4 is 14.3 Å². The molecule has 1 atom stereocenters. The molecule has 0 spiro atoms. The van der Waals surface area contributed by atoms with Crippen LogP contribution in [-0.2, 0) is 9.22 Å². The summed E-state index contributed by atoms with van der Waals surface area (Å²) >= 11 is 0. The molecule has 0 saturated heterocycles. The molecule has 104 valence electrons. The molecule has 3 heteroatoms. The molecule has 18 heavy (non-hydrogen) atoms. The summed E-state index contributed by atoms with van der Waals surface area (Å²) < 4.78 is 6.30. The van der Waals surface area contributed by atoms with E-state index in [1.807, 2.05) is 0 Å². The van der Waals surface area contributed by atoms with Crippen LogP contribution in [0.4, 0.5) is 0 Å². The molecule has 0 N–H and O–H groups in total. The summed E-state index contributed by atoms with van der Waals surface area (Å²) in [4.78, 5) is 10.9. The highest BCUT2D eigenvalue weighted by Crippen LogP contribution is 2.47. The molecule has 0 aromatic carbocycles. The molecule has 1 saturated carbocycles. The van der Waals surface area contributed by atoms with E-state index in [1.54, 1.807) is 0 Å². The molecule has 2 nitrogen and oxygen atoms in total. The van der Waals surface area contributed by atoms with Crippen molar-refractivity contribution in [1.29, 1.82) is 0 Å². The van der Waals surface area contributed by atoms with E-state index in [4.69, 9.17) is 4.43 Å². The summed E-state index contributed by atoms with van der Waals surface area (Å²) in [6.07, 6.45) is 1.95. The van der Waals surface area contributed by atoms with Gasteiger partial charge in [0.05, 0.1) is 0 Å². The highest BCUT2D eigenvalue weighted by molar-refractivity contribution is 6.74. The Morgan fingerprint density at radius 2 is 1.94 bits per heavy atom. The van der Waals surface area contributed by atoms with Crippen molar-refractivity contribution < 1.29 is 9.22 Å². The molecule has 0 aromatic rings. The lowest BCUT2D eigenvalue weighted by molar-refractivity contribution is 0.167. The Bertz CT molecular complexity index is 357. The fraction of sp³-hybridized carbons (Fsp3) is 0.867. The summed E-state index contributed by atoms with van der Waals surface area (Å²) in [5.41, 5.74) is 0.899. The normalized spacial score (nSPS) is 24.2. The largest absolute Gasteiger partial charge is 0.417 e. The van der Waals surface area contributed by atoms with Crippen molar-refractivity contribution in [3.05, 3.63) is 5.57 Å². The van der Waals surface area contributed by atoms with Gasteiger partial charge in [0.25, 0.3) is 0 Å². The Morgan fingerprint density at radius 1 is 1.39 bits per heavy atom. The van der Waals surface area contributed by atoms with Gasteiger partial charge in [-0.05, 0) is 36.9 Å². The highest BCUT2D eigenvalue weighted by atomic mass is 28.4. The Balaban J connectivity index is 2.69. The van der Waals surface area contributed by atoms with Gasteiger partial charge in [-0.2, -0.15) is 0 Å². The summed E-state index contributed by atoms with van der Waals surface area (Å²) in [6, 6.07) is 0. The van der Waals surface area contributed by atoms with Gasteiger partial charge in [0.15, 0.2) is 8.32 Å². The maximum absolute atomic E-state index is 10.9. The van der Waals surface area contributed by atoms with Gasteiger partial charge in [0, 0.05) is 17.6 Å². The van der Waals surface area contributed by atoms with Crippen molar-refractivity contribution in [3.63, 3.8) is 0 Å². The second kappa shape index (κ2) is 4.95.